The van der Waals surface area contributed by atoms with E-state index in [9.17, 15) is 4.39 Å². The Balaban J connectivity index is 1.66. The molecule has 1 saturated heterocycles. The molecule has 3 N–H and O–H groups in total. The highest BCUT2D eigenvalue weighted by Crippen LogP contribution is 2.35. The van der Waals surface area contributed by atoms with Crippen molar-refractivity contribution in [1.29, 1.82) is 0 Å². The molecule has 5 rings (SSSR count). The average molecular weight is 473 g/mol. The van der Waals surface area contributed by atoms with Crippen LogP contribution < -0.4 is 11.1 Å². The smallest absolute Gasteiger partial charge is 0.225 e. The molecular formula is C22H19Cl2FN6O. The number of rotatable bonds is 5. The summed E-state index contributed by atoms with van der Waals surface area (Å²) in [7, 11) is 0. The van der Waals surface area contributed by atoms with Gasteiger partial charge in [-0.3, -0.25) is 0 Å². The lowest BCUT2D eigenvalue weighted by Gasteiger charge is -2.12. The number of halogens is 3. The number of hydrogen-bond acceptors (Lipinski definition) is 6. The maximum atomic E-state index is 14.7. The second-order valence-electron chi connectivity index (χ2n) is 7.49. The predicted octanol–water partition coefficient (Wildman–Crippen LogP) is 5.10. The molecule has 1 aliphatic rings. The van der Waals surface area contributed by atoms with E-state index in [0.717, 1.165) is 19.4 Å². The van der Waals surface area contributed by atoms with Crippen LogP contribution in [0.1, 0.15) is 12.8 Å². The first-order chi connectivity index (χ1) is 15.5. The zero-order valence-electron chi connectivity index (χ0n) is 16.9. The lowest BCUT2D eigenvalue weighted by molar-refractivity contribution is 0.120. The largest absolute Gasteiger partial charge is 0.383 e. The summed E-state index contributed by atoms with van der Waals surface area (Å²) >= 11 is 12.2. The number of benzene rings is 2. The maximum Gasteiger partial charge on any atom is 0.225 e. The zero-order chi connectivity index (χ0) is 22.2. The van der Waals surface area contributed by atoms with Crippen LogP contribution in [0.25, 0.3) is 28.0 Å². The molecule has 1 fully saturated rings. The molecule has 0 amide bonds. The van der Waals surface area contributed by atoms with Crippen LogP contribution in [0.15, 0.2) is 42.5 Å². The van der Waals surface area contributed by atoms with Crippen molar-refractivity contribution in [2.75, 3.05) is 24.2 Å². The number of nitrogens with two attached hydrogens (primary N) is 1. The molecule has 0 aliphatic carbocycles. The van der Waals surface area contributed by atoms with Crippen LogP contribution >= 0.6 is 23.2 Å². The topological polar surface area (TPSA) is 90.9 Å². The van der Waals surface area contributed by atoms with E-state index in [1.165, 1.54) is 10.7 Å². The van der Waals surface area contributed by atoms with Crippen LogP contribution in [0.3, 0.4) is 0 Å². The molecule has 2 aromatic carbocycles. The van der Waals surface area contributed by atoms with Crippen LogP contribution in [0.5, 0.6) is 0 Å². The number of nitrogen functional groups attached to an aromatic ring is 1. The minimum Gasteiger partial charge on any atom is -0.383 e. The Bertz CT molecular complexity index is 1310. The number of hydrogen-bond donors (Lipinski definition) is 2. The number of aromatic nitrogens is 4. The number of ether oxygens (including phenoxy) is 1. The first-order valence-corrected chi connectivity index (χ1v) is 10.9. The van der Waals surface area contributed by atoms with Gasteiger partial charge in [0.25, 0.3) is 0 Å². The molecule has 1 atom stereocenters. The second kappa shape index (κ2) is 8.54. The van der Waals surface area contributed by atoms with E-state index in [2.05, 4.69) is 20.4 Å². The third-order valence-corrected chi connectivity index (χ3v) is 6.10. The fourth-order valence-electron chi connectivity index (χ4n) is 3.76. The molecule has 2 aromatic heterocycles. The van der Waals surface area contributed by atoms with Crippen LogP contribution in [-0.2, 0) is 4.74 Å². The summed E-state index contributed by atoms with van der Waals surface area (Å²) in [6.45, 7) is 1.29. The molecule has 10 heteroatoms. The molecule has 0 spiro atoms. The van der Waals surface area contributed by atoms with E-state index in [1.54, 1.807) is 36.4 Å². The van der Waals surface area contributed by atoms with Gasteiger partial charge in [-0.2, -0.15) is 4.98 Å². The summed E-state index contributed by atoms with van der Waals surface area (Å²) in [6, 6.07) is 11.4. The monoisotopic (exact) mass is 472 g/mol. The fraction of sp³-hybridized carbons (Fsp3) is 0.227. The van der Waals surface area contributed by atoms with Crippen LogP contribution in [0.4, 0.5) is 16.2 Å². The highest BCUT2D eigenvalue weighted by Gasteiger charge is 2.22. The number of anilines is 2. The van der Waals surface area contributed by atoms with E-state index >= 15 is 0 Å². The van der Waals surface area contributed by atoms with Gasteiger partial charge in [0.1, 0.15) is 11.6 Å². The molecule has 0 saturated carbocycles. The molecule has 4 aromatic rings. The van der Waals surface area contributed by atoms with Crippen molar-refractivity contribution in [2.24, 2.45) is 0 Å². The van der Waals surface area contributed by atoms with Crippen molar-refractivity contribution in [3.05, 3.63) is 58.3 Å². The van der Waals surface area contributed by atoms with Gasteiger partial charge in [-0.15, -0.1) is 5.10 Å². The molecular weight excluding hydrogens is 454 g/mol. The Morgan fingerprint density at radius 2 is 2.00 bits per heavy atom. The highest BCUT2D eigenvalue weighted by atomic mass is 35.5. The minimum atomic E-state index is -0.417. The van der Waals surface area contributed by atoms with Gasteiger partial charge in [-0.1, -0.05) is 35.3 Å². The standard InChI is InChI=1S/C22H19Cl2FN6O/c23-15-8-7-12(10-16(15)24)31-20(26)18-19(14-5-1-2-6-17(14)25)28-22(29-21(18)30-31)27-11-13-4-3-9-32-13/h1-2,5-8,10,13H,3-4,9,11,26H2,(H,27,29,30). The van der Waals surface area contributed by atoms with E-state index in [-0.39, 0.29) is 11.9 Å². The molecule has 3 heterocycles. The minimum absolute atomic E-state index is 0.0880. The molecule has 0 radical (unpaired) electrons. The zero-order valence-corrected chi connectivity index (χ0v) is 18.4. The summed E-state index contributed by atoms with van der Waals surface area (Å²) in [5.41, 5.74) is 8.04. The van der Waals surface area contributed by atoms with Crippen molar-refractivity contribution >= 4 is 46.0 Å². The predicted molar refractivity (Wildman–Crippen MR) is 124 cm³/mol. The summed E-state index contributed by atoms with van der Waals surface area (Å²) < 4.78 is 21.9. The first-order valence-electron chi connectivity index (χ1n) is 10.1. The van der Waals surface area contributed by atoms with Gasteiger partial charge < -0.3 is 15.8 Å². The van der Waals surface area contributed by atoms with Crippen molar-refractivity contribution in [3.8, 4) is 16.9 Å². The Kier molecular flexibility index (Phi) is 5.58. The number of fused-ring (bicyclic) bond motifs is 1. The van der Waals surface area contributed by atoms with Gasteiger partial charge in [-0.25, -0.2) is 14.1 Å². The van der Waals surface area contributed by atoms with Crippen LogP contribution in [0.2, 0.25) is 10.0 Å². The van der Waals surface area contributed by atoms with Crippen LogP contribution in [0, 0.1) is 5.82 Å². The molecule has 0 bridgehead atoms. The third kappa shape index (κ3) is 3.85. The summed E-state index contributed by atoms with van der Waals surface area (Å²) in [4.78, 5) is 9.12. The lowest BCUT2D eigenvalue weighted by Crippen LogP contribution is -2.19. The Morgan fingerprint density at radius 3 is 2.75 bits per heavy atom. The molecule has 1 aliphatic heterocycles. The molecule has 164 valence electrons. The number of nitrogens with one attached hydrogen (secondary N) is 1. The Labute approximate surface area is 193 Å². The quantitative estimate of drug-likeness (QED) is 0.419. The summed E-state index contributed by atoms with van der Waals surface area (Å²) in [5, 5.41) is 8.98. The Morgan fingerprint density at radius 1 is 1.16 bits per heavy atom. The molecule has 1 unspecified atom stereocenters. The van der Waals surface area contributed by atoms with Crippen molar-refractivity contribution in [2.45, 2.75) is 18.9 Å². The van der Waals surface area contributed by atoms with Gasteiger partial charge >= 0.3 is 0 Å². The van der Waals surface area contributed by atoms with E-state index < -0.39 is 5.82 Å². The second-order valence-corrected chi connectivity index (χ2v) is 8.30. The maximum absolute atomic E-state index is 14.7. The molecule has 7 nitrogen and oxygen atoms in total. The first kappa shape index (κ1) is 20.9. The van der Waals surface area contributed by atoms with Gasteiger partial charge in [0, 0.05) is 18.7 Å². The van der Waals surface area contributed by atoms with Crippen molar-refractivity contribution in [1.82, 2.24) is 19.7 Å². The fourth-order valence-corrected chi connectivity index (χ4v) is 4.06. The van der Waals surface area contributed by atoms with Crippen molar-refractivity contribution in [3.63, 3.8) is 0 Å². The number of nitrogens with zero attached hydrogens (tertiary/aromatic N) is 4. The Hall–Kier alpha value is -2.94. The van der Waals surface area contributed by atoms with Crippen LogP contribution in [-0.4, -0.2) is 39.0 Å². The van der Waals surface area contributed by atoms with Gasteiger partial charge in [-0.05, 0) is 43.2 Å². The van der Waals surface area contributed by atoms with Gasteiger partial charge in [0.05, 0.1) is 32.9 Å². The summed E-state index contributed by atoms with van der Waals surface area (Å²) in [6.07, 6.45) is 2.08. The van der Waals surface area contributed by atoms with Gasteiger partial charge in [0.2, 0.25) is 5.95 Å². The van der Waals surface area contributed by atoms with E-state index in [4.69, 9.17) is 33.7 Å². The summed E-state index contributed by atoms with van der Waals surface area (Å²) in [5.74, 6) is 0.173. The lowest BCUT2D eigenvalue weighted by atomic mass is 10.1. The highest BCUT2D eigenvalue weighted by molar-refractivity contribution is 6.42. The SMILES string of the molecule is Nc1c2c(-c3ccccc3F)nc(NCC3CCCO3)nc2nn1-c1ccc(Cl)c(Cl)c1. The normalized spacial score (nSPS) is 16.0. The molecule has 32 heavy (non-hydrogen) atoms. The van der Waals surface area contributed by atoms with Gasteiger partial charge in [0.15, 0.2) is 5.65 Å². The van der Waals surface area contributed by atoms with Crippen molar-refractivity contribution < 1.29 is 9.13 Å². The van der Waals surface area contributed by atoms with E-state index in [0.29, 0.717) is 50.5 Å². The average Bonchev–Trinajstić information content (AvgIpc) is 3.42. The third-order valence-electron chi connectivity index (χ3n) is 5.36. The van der Waals surface area contributed by atoms with E-state index in [1.807, 2.05) is 0 Å².